The maximum absolute atomic E-state index is 12.4. The molecule has 6 nitrogen and oxygen atoms in total. The van der Waals surface area contributed by atoms with E-state index in [4.69, 9.17) is 4.74 Å². The molecule has 7 heteroatoms. The highest BCUT2D eigenvalue weighted by Crippen LogP contribution is 2.17. The summed E-state index contributed by atoms with van der Waals surface area (Å²) in [5.41, 5.74) is 1.61. The predicted molar refractivity (Wildman–Crippen MR) is 102 cm³/mol. The first-order valence-electron chi connectivity index (χ1n) is 8.90. The lowest BCUT2D eigenvalue weighted by molar-refractivity contribution is 0.0346. The first-order chi connectivity index (χ1) is 12.5. The minimum absolute atomic E-state index is 0.166. The first kappa shape index (κ1) is 18.8. The summed E-state index contributed by atoms with van der Waals surface area (Å²) in [5, 5.41) is 16.5. The molecule has 1 aliphatic heterocycles. The van der Waals surface area contributed by atoms with Crippen LogP contribution >= 0.6 is 11.3 Å². The number of aliphatic hydroxyl groups excluding tert-OH is 1. The number of benzene rings is 1. The van der Waals surface area contributed by atoms with Crippen molar-refractivity contribution in [3.05, 3.63) is 45.9 Å². The zero-order valence-corrected chi connectivity index (χ0v) is 16.0. The molecule has 0 saturated carbocycles. The molecule has 2 N–H and O–H groups in total. The molecule has 0 unspecified atom stereocenters. The van der Waals surface area contributed by atoms with E-state index in [-0.39, 0.29) is 11.9 Å². The van der Waals surface area contributed by atoms with Crippen molar-refractivity contribution in [2.75, 3.05) is 19.7 Å². The number of nitrogens with one attached hydrogen (secondary N) is 1. The smallest absolute Gasteiger partial charge is 0.251 e. The Morgan fingerprint density at radius 3 is 2.81 bits per heavy atom. The molecule has 140 valence electrons. The van der Waals surface area contributed by atoms with E-state index in [1.807, 2.05) is 13.8 Å². The number of nitrogens with zero attached hydrogens (tertiary/aromatic N) is 2. The van der Waals surface area contributed by atoms with E-state index in [0.29, 0.717) is 25.1 Å². The van der Waals surface area contributed by atoms with Gasteiger partial charge in [-0.25, -0.2) is 4.98 Å². The Morgan fingerprint density at radius 1 is 1.42 bits per heavy atom. The Hall–Kier alpha value is -1.96. The Balaban J connectivity index is 1.51. The highest BCUT2D eigenvalue weighted by molar-refractivity contribution is 7.09. The fourth-order valence-corrected chi connectivity index (χ4v) is 3.74. The van der Waals surface area contributed by atoms with Gasteiger partial charge in [-0.15, -0.1) is 11.3 Å². The number of carbonyl (C=O) groups excluding carboxylic acids is 1. The average molecular weight is 375 g/mol. The molecule has 2 atom stereocenters. The normalized spacial score (nSPS) is 20.7. The van der Waals surface area contributed by atoms with Crippen molar-refractivity contribution >= 4 is 17.2 Å². The van der Waals surface area contributed by atoms with Crippen molar-refractivity contribution in [2.45, 2.75) is 39.0 Å². The molecule has 1 aromatic heterocycles. The molecule has 3 rings (SSSR count). The number of rotatable bonds is 6. The number of aliphatic hydroxyl groups is 1. The summed E-state index contributed by atoms with van der Waals surface area (Å²) in [4.78, 5) is 19.1. The molecule has 1 saturated heterocycles. The fourth-order valence-electron chi connectivity index (χ4n) is 3.14. The number of carbonyl (C=O) groups is 1. The Labute approximate surface area is 157 Å². The van der Waals surface area contributed by atoms with Gasteiger partial charge in [0.15, 0.2) is 0 Å². The van der Waals surface area contributed by atoms with Gasteiger partial charge in [0.25, 0.3) is 5.91 Å². The van der Waals surface area contributed by atoms with Crippen LogP contribution in [0.3, 0.4) is 0 Å². The number of aromatic nitrogens is 1. The predicted octanol–water partition coefficient (Wildman–Crippen LogP) is 2.22. The molecule has 1 aliphatic rings. The number of ether oxygens (including phenoxy) is 1. The summed E-state index contributed by atoms with van der Waals surface area (Å²) in [6, 6.07) is 6.82. The SMILES string of the molecule is CCOc1ccc(C(=O)N[C@@H]2CCN(Cc3csc(C)n3)C[C@H]2O)cc1. The topological polar surface area (TPSA) is 74.7 Å². The van der Waals surface area contributed by atoms with E-state index in [1.165, 1.54) is 0 Å². The minimum Gasteiger partial charge on any atom is -0.494 e. The van der Waals surface area contributed by atoms with Crippen LogP contribution in [0.5, 0.6) is 5.75 Å². The summed E-state index contributed by atoms with van der Waals surface area (Å²) in [6.07, 6.45) is 0.127. The minimum atomic E-state index is -0.588. The van der Waals surface area contributed by atoms with Gasteiger partial charge in [0.05, 0.1) is 29.5 Å². The van der Waals surface area contributed by atoms with Gasteiger partial charge in [-0.3, -0.25) is 9.69 Å². The van der Waals surface area contributed by atoms with Crippen molar-refractivity contribution in [3.63, 3.8) is 0 Å². The Morgan fingerprint density at radius 2 is 2.19 bits per heavy atom. The van der Waals surface area contributed by atoms with Crippen LogP contribution in [0.4, 0.5) is 0 Å². The van der Waals surface area contributed by atoms with Gasteiger partial charge >= 0.3 is 0 Å². The molecule has 26 heavy (non-hydrogen) atoms. The molecule has 0 bridgehead atoms. The summed E-state index contributed by atoms with van der Waals surface area (Å²) in [5.74, 6) is 0.579. The Kier molecular flexibility index (Phi) is 6.24. The summed E-state index contributed by atoms with van der Waals surface area (Å²) >= 11 is 1.64. The van der Waals surface area contributed by atoms with Crippen LogP contribution < -0.4 is 10.1 Å². The zero-order valence-electron chi connectivity index (χ0n) is 15.1. The van der Waals surface area contributed by atoms with Gasteiger partial charge < -0.3 is 15.2 Å². The van der Waals surface area contributed by atoms with Gasteiger partial charge in [0.2, 0.25) is 0 Å². The second kappa shape index (κ2) is 8.62. The van der Waals surface area contributed by atoms with Crippen molar-refractivity contribution < 1.29 is 14.6 Å². The van der Waals surface area contributed by atoms with E-state index >= 15 is 0 Å². The quantitative estimate of drug-likeness (QED) is 0.810. The third kappa shape index (κ3) is 4.81. The van der Waals surface area contributed by atoms with E-state index in [2.05, 4.69) is 20.6 Å². The van der Waals surface area contributed by atoms with E-state index in [9.17, 15) is 9.90 Å². The van der Waals surface area contributed by atoms with Crippen LogP contribution in [-0.4, -0.2) is 52.7 Å². The van der Waals surface area contributed by atoms with E-state index < -0.39 is 6.10 Å². The van der Waals surface area contributed by atoms with Gasteiger partial charge in [-0.2, -0.15) is 0 Å². The van der Waals surface area contributed by atoms with Crippen LogP contribution in [0.2, 0.25) is 0 Å². The van der Waals surface area contributed by atoms with Gasteiger partial charge in [-0.05, 0) is 44.5 Å². The van der Waals surface area contributed by atoms with Gasteiger partial charge in [-0.1, -0.05) is 0 Å². The molecule has 2 heterocycles. The van der Waals surface area contributed by atoms with Crippen molar-refractivity contribution in [2.24, 2.45) is 0 Å². The number of hydrogen-bond donors (Lipinski definition) is 2. The Bertz CT molecular complexity index is 732. The van der Waals surface area contributed by atoms with Crippen LogP contribution in [0.15, 0.2) is 29.6 Å². The number of aryl methyl sites for hydroxylation is 1. The molecular formula is C19H25N3O3S. The number of piperidine rings is 1. The third-order valence-corrected chi connectivity index (χ3v) is 5.28. The van der Waals surface area contributed by atoms with Crippen molar-refractivity contribution in [3.8, 4) is 5.75 Å². The second-order valence-corrected chi connectivity index (χ2v) is 7.55. The molecule has 1 fully saturated rings. The summed E-state index contributed by atoms with van der Waals surface area (Å²) in [7, 11) is 0. The summed E-state index contributed by atoms with van der Waals surface area (Å²) < 4.78 is 5.39. The van der Waals surface area contributed by atoms with Crippen LogP contribution in [0.1, 0.15) is 34.4 Å². The average Bonchev–Trinajstić information content (AvgIpc) is 3.03. The summed E-state index contributed by atoms with van der Waals surface area (Å²) in [6.45, 7) is 6.60. The third-order valence-electron chi connectivity index (χ3n) is 4.46. The van der Waals surface area contributed by atoms with E-state index in [0.717, 1.165) is 29.5 Å². The van der Waals surface area contributed by atoms with Crippen molar-refractivity contribution in [1.82, 2.24) is 15.2 Å². The lowest BCUT2D eigenvalue weighted by Crippen LogP contribution is -2.53. The van der Waals surface area contributed by atoms with Crippen LogP contribution in [-0.2, 0) is 6.54 Å². The lowest BCUT2D eigenvalue weighted by Gasteiger charge is -2.35. The number of amides is 1. The van der Waals surface area contributed by atoms with Crippen molar-refractivity contribution in [1.29, 1.82) is 0 Å². The zero-order chi connectivity index (χ0) is 18.5. The molecule has 0 aliphatic carbocycles. The van der Waals surface area contributed by atoms with Crippen LogP contribution in [0, 0.1) is 6.92 Å². The standard InChI is InChI=1S/C19H25N3O3S/c1-3-25-16-6-4-14(5-7-16)19(24)21-17-8-9-22(11-18(17)23)10-15-12-26-13(2)20-15/h4-7,12,17-18,23H,3,8-11H2,1-2H3,(H,21,24)/t17-,18-/m1/s1. The number of hydrogen-bond acceptors (Lipinski definition) is 6. The number of thiazole rings is 1. The monoisotopic (exact) mass is 375 g/mol. The lowest BCUT2D eigenvalue weighted by atomic mass is 10.0. The van der Waals surface area contributed by atoms with Gasteiger partial charge in [0, 0.05) is 30.6 Å². The maximum atomic E-state index is 12.4. The number of likely N-dealkylation sites (tertiary alicyclic amines) is 1. The van der Waals surface area contributed by atoms with E-state index in [1.54, 1.807) is 35.6 Å². The number of β-amino-alcohol motifs (C(OH)–C–C–N with tert-alkyl or cyclic N) is 1. The highest BCUT2D eigenvalue weighted by Gasteiger charge is 2.29. The molecule has 2 aromatic rings. The first-order valence-corrected chi connectivity index (χ1v) is 9.78. The van der Waals surface area contributed by atoms with Gasteiger partial charge in [0.1, 0.15) is 5.75 Å². The molecule has 1 aromatic carbocycles. The fraction of sp³-hybridized carbons (Fsp3) is 0.474. The largest absolute Gasteiger partial charge is 0.494 e. The second-order valence-electron chi connectivity index (χ2n) is 6.49. The molecule has 1 amide bonds. The van der Waals surface area contributed by atoms with Crippen LogP contribution in [0.25, 0.3) is 0 Å². The highest BCUT2D eigenvalue weighted by atomic mass is 32.1. The molecule has 0 radical (unpaired) electrons. The molecule has 0 spiro atoms. The maximum Gasteiger partial charge on any atom is 0.251 e. The molecular weight excluding hydrogens is 350 g/mol.